The fourth-order valence-electron chi connectivity index (χ4n) is 3.77. The minimum atomic E-state index is -3.62. The number of nitrogens with zero attached hydrogens (tertiary/aromatic N) is 3. The van der Waals surface area contributed by atoms with Crippen LogP contribution in [0.3, 0.4) is 0 Å². The van der Waals surface area contributed by atoms with Gasteiger partial charge < -0.3 is 4.90 Å². The fourth-order valence-corrected chi connectivity index (χ4v) is 5.19. The predicted octanol–water partition coefficient (Wildman–Crippen LogP) is 3.78. The Kier molecular flexibility index (Phi) is 5.51. The van der Waals surface area contributed by atoms with E-state index in [0.717, 1.165) is 18.9 Å². The summed E-state index contributed by atoms with van der Waals surface area (Å²) in [7, 11) is -3.62. The molecule has 0 N–H and O–H groups in total. The molecular weight excluding hydrogens is 346 g/mol. The first-order valence-electron chi connectivity index (χ1n) is 9.20. The van der Waals surface area contributed by atoms with Gasteiger partial charge in [-0.05, 0) is 49.4 Å². The van der Waals surface area contributed by atoms with Crippen LogP contribution in [-0.4, -0.2) is 33.0 Å². The van der Waals surface area contributed by atoms with E-state index < -0.39 is 10.0 Å². The highest BCUT2D eigenvalue weighted by atomic mass is 32.2. The van der Waals surface area contributed by atoms with Crippen molar-refractivity contribution in [2.75, 3.05) is 28.8 Å². The molecule has 6 heteroatoms. The molecule has 1 aliphatic heterocycles. The van der Waals surface area contributed by atoms with Crippen molar-refractivity contribution in [3.05, 3.63) is 48.7 Å². The van der Waals surface area contributed by atoms with Gasteiger partial charge in [0.1, 0.15) is 10.7 Å². The number of pyridine rings is 1. The Hall–Kier alpha value is -2.08. The largest absolute Gasteiger partial charge is 0.356 e. The number of aromatic nitrogens is 1. The van der Waals surface area contributed by atoms with Crippen LogP contribution in [0.4, 0.5) is 11.5 Å². The zero-order valence-corrected chi connectivity index (χ0v) is 16.5. The normalized spacial score (nSPS) is 20.8. The molecule has 1 fully saturated rings. The van der Waals surface area contributed by atoms with E-state index in [0.29, 0.717) is 24.1 Å². The molecular formula is C20H27N3O2S. The number of rotatable bonds is 5. The molecule has 0 saturated carbocycles. The monoisotopic (exact) mass is 373 g/mol. The third-order valence-corrected chi connectivity index (χ3v) is 6.72. The summed E-state index contributed by atoms with van der Waals surface area (Å²) in [5.41, 5.74) is 0.665. The molecule has 2 heterocycles. The maximum atomic E-state index is 13.0. The Labute approximate surface area is 156 Å². The van der Waals surface area contributed by atoms with E-state index in [1.54, 1.807) is 18.2 Å². The second kappa shape index (κ2) is 7.66. The van der Waals surface area contributed by atoms with Crippen LogP contribution < -0.4 is 9.21 Å². The van der Waals surface area contributed by atoms with Gasteiger partial charge >= 0.3 is 0 Å². The second-order valence-electron chi connectivity index (χ2n) is 7.21. The summed E-state index contributed by atoms with van der Waals surface area (Å²) in [6.45, 7) is 8.64. The number of hydrogen-bond donors (Lipinski definition) is 0. The van der Waals surface area contributed by atoms with Crippen molar-refractivity contribution in [3.8, 4) is 0 Å². The van der Waals surface area contributed by atoms with Crippen molar-refractivity contribution in [1.82, 2.24) is 4.98 Å². The van der Waals surface area contributed by atoms with Gasteiger partial charge in [0.2, 0.25) is 0 Å². The SMILES string of the molecule is CCN(c1ccccc1)S(=O)(=O)c1ccc(N2C[C@@H](C)C[C@H](C)C2)nc1. The highest BCUT2D eigenvalue weighted by Gasteiger charge is 2.26. The number of hydrogen-bond acceptors (Lipinski definition) is 4. The van der Waals surface area contributed by atoms with E-state index in [1.165, 1.54) is 16.9 Å². The van der Waals surface area contributed by atoms with Crippen LogP contribution in [0.15, 0.2) is 53.6 Å². The van der Waals surface area contributed by atoms with Crippen molar-refractivity contribution in [3.63, 3.8) is 0 Å². The first kappa shape index (κ1) is 18.7. The number of para-hydroxylation sites is 1. The molecule has 26 heavy (non-hydrogen) atoms. The number of benzene rings is 1. The fraction of sp³-hybridized carbons (Fsp3) is 0.450. The van der Waals surface area contributed by atoms with Crippen molar-refractivity contribution >= 4 is 21.5 Å². The summed E-state index contributed by atoms with van der Waals surface area (Å²) < 4.78 is 27.5. The quantitative estimate of drug-likeness (QED) is 0.800. The Morgan fingerprint density at radius 1 is 1.08 bits per heavy atom. The number of piperidine rings is 1. The predicted molar refractivity (Wildman–Crippen MR) is 106 cm³/mol. The zero-order chi connectivity index (χ0) is 18.7. The van der Waals surface area contributed by atoms with E-state index >= 15 is 0 Å². The Bertz CT molecular complexity index is 812. The summed E-state index contributed by atoms with van der Waals surface area (Å²) in [6.07, 6.45) is 2.71. The smallest absolute Gasteiger partial charge is 0.265 e. The van der Waals surface area contributed by atoms with E-state index in [9.17, 15) is 8.42 Å². The molecule has 1 aromatic heterocycles. The topological polar surface area (TPSA) is 53.5 Å². The van der Waals surface area contributed by atoms with Crippen LogP contribution in [-0.2, 0) is 10.0 Å². The van der Waals surface area contributed by atoms with Gasteiger partial charge in [0.15, 0.2) is 0 Å². The lowest BCUT2D eigenvalue weighted by atomic mass is 9.92. The van der Waals surface area contributed by atoms with Crippen LogP contribution in [0.1, 0.15) is 27.2 Å². The van der Waals surface area contributed by atoms with Crippen LogP contribution >= 0.6 is 0 Å². The molecule has 0 radical (unpaired) electrons. The molecule has 140 valence electrons. The maximum absolute atomic E-state index is 13.0. The first-order valence-corrected chi connectivity index (χ1v) is 10.6. The average molecular weight is 374 g/mol. The zero-order valence-electron chi connectivity index (χ0n) is 15.7. The lowest BCUT2D eigenvalue weighted by Crippen LogP contribution is -2.39. The number of sulfonamides is 1. The second-order valence-corrected chi connectivity index (χ2v) is 9.07. The van der Waals surface area contributed by atoms with Crippen LogP contribution in [0.5, 0.6) is 0 Å². The van der Waals surface area contributed by atoms with Crippen molar-refractivity contribution in [2.24, 2.45) is 11.8 Å². The molecule has 1 saturated heterocycles. The van der Waals surface area contributed by atoms with Gasteiger partial charge in [0.05, 0.1) is 5.69 Å². The van der Waals surface area contributed by atoms with Gasteiger partial charge in [-0.1, -0.05) is 32.0 Å². The van der Waals surface area contributed by atoms with Gasteiger partial charge in [-0.2, -0.15) is 0 Å². The molecule has 0 unspecified atom stereocenters. The summed E-state index contributed by atoms with van der Waals surface area (Å²) in [5.74, 6) is 2.10. The minimum absolute atomic E-state index is 0.227. The van der Waals surface area contributed by atoms with Crippen molar-refractivity contribution in [1.29, 1.82) is 0 Å². The molecule has 0 spiro atoms. The molecule has 2 atom stereocenters. The standard InChI is InChI=1S/C20H27N3O2S/c1-4-23(18-8-6-5-7-9-18)26(24,25)19-10-11-20(21-13-19)22-14-16(2)12-17(3)15-22/h5-11,13,16-17H,4,12,14-15H2,1-3H3/t16-,17-/m0/s1. The summed E-state index contributed by atoms with van der Waals surface area (Å²) in [4.78, 5) is 6.95. The molecule has 2 aromatic rings. The van der Waals surface area contributed by atoms with E-state index in [1.807, 2.05) is 31.2 Å². The Balaban J connectivity index is 1.85. The van der Waals surface area contributed by atoms with Gasteiger partial charge in [0, 0.05) is 25.8 Å². The van der Waals surface area contributed by atoms with E-state index in [2.05, 4.69) is 23.7 Å². The summed E-state index contributed by atoms with van der Waals surface area (Å²) in [6, 6.07) is 12.7. The maximum Gasteiger partial charge on any atom is 0.265 e. The van der Waals surface area contributed by atoms with Crippen LogP contribution in [0.25, 0.3) is 0 Å². The third-order valence-electron chi connectivity index (χ3n) is 4.83. The molecule has 0 aliphatic carbocycles. The molecule has 3 rings (SSSR count). The van der Waals surface area contributed by atoms with Gasteiger partial charge in [0.25, 0.3) is 10.0 Å². The highest BCUT2D eigenvalue weighted by molar-refractivity contribution is 7.92. The third kappa shape index (κ3) is 3.85. The van der Waals surface area contributed by atoms with E-state index in [4.69, 9.17) is 0 Å². The first-order chi connectivity index (χ1) is 12.4. The Morgan fingerprint density at radius 2 is 1.73 bits per heavy atom. The average Bonchev–Trinajstić information content (AvgIpc) is 2.62. The lowest BCUT2D eigenvalue weighted by Gasteiger charge is -2.35. The van der Waals surface area contributed by atoms with Crippen LogP contribution in [0.2, 0.25) is 0 Å². The molecule has 5 nitrogen and oxygen atoms in total. The van der Waals surface area contributed by atoms with E-state index in [-0.39, 0.29) is 4.90 Å². The van der Waals surface area contributed by atoms with Gasteiger partial charge in [-0.3, -0.25) is 4.31 Å². The lowest BCUT2D eigenvalue weighted by molar-refractivity contribution is 0.355. The Morgan fingerprint density at radius 3 is 2.27 bits per heavy atom. The summed E-state index contributed by atoms with van der Waals surface area (Å²) >= 11 is 0. The highest BCUT2D eigenvalue weighted by Crippen LogP contribution is 2.27. The summed E-state index contributed by atoms with van der Waals surface area (Å²) in [5, 5.41) is 0. The molecule has 0 amide bonds. The molecule has 1 aliphatic rings. The number of anilines is 2. The molecule has 0 bridgehead atoms. The van der Waals surface area contributed by atoms with Crippen LogP contribution in [0, 0.1) is 11.8 Å². The van der Waals surface area contributed by atoms with Gasteiger partial charge in [-0.15, -0.1) is 0 Å². The van der Waals surface area contributed by atoms with Gasteiger partial charge in [-0.25, -0.2) is 13.4 Å². The van der Waals surface area contributed by atoms with Crippen molar-refractivity contribution < 1.29 is 8.42 Å². The van der Waals surface area contributed by atoms with Crippen molar-refractivity contribution in [2.45, 2.75) is 32.1 Å². The molecule has 1 aromatic carbocycles. The minimum Gasteiger partial charge on any atom is -0.356 e.